The normalized spacial score (nSPS) is 20.5. The number of imide groups is 1. The zero-order chi connectivity index (χ0) is 23.8. The summed E-state index contributed by atoms with van der Waals surface area (Å²) in [5.41, 5.74) is 1.70. The molecule has 8 nitrogen and oxygen atoms in total. The molecule has 2 amide bonds. The highest BCUT2D eigenvalue weighted by atomic mass is 32.2. The SMILES string of the molecule is COc1ccc(C)cc1NS(=O)(=O)c1cc(CN2C(=O)[C@@H]3CCCC[C@H]3C2=O)ccc1OC. The number of sulfonamides is 1. The van der Waals surface area contributed by atoms with E-state index in [9.17, 15) is 18.0 Å². The Hall–Kier alpha value is -3.07. The number of nitrogens with zero attached hydrogens (tertiary/aromatic N) is 1. The highest BCUT2D eigenvalue weighted by molar-refractivity contribution is 7.92. The molecule has 33 heavy (non-hydrogen) atoms. The van der Waals surface area contributed by atoms with Gasteiger partial charge in [-0.15, -0.1) is 0 Å². The zero-order valence-electron chi connectivity index (χ0n) is 19.0. The van der Waals surface area contributed by atoms with E-state index in [-0.39, 0.29) is 40.8 Å². The summed E-state index contributed by atoms with van der Waals surface area (Å²) in [6.07, 6.45) is 3.37. The topological polar surface area (TPSA) is 102 Å². The summed E-state index contributed by atoms with van der Waals surface area (Å²) < 4.78 is 39.7. The molecule has 1 heterocycles. The lowest BCUT2D eigenvalue weighted by Gasteiger charge is -2.19. The zero-order valence-corrected chi connectivity index (χ0v) is 19.8. The van der Waals surface area contributed by atoms with Gasteiger partial charge in [0.15, 0.2) is 0 Å². The molecular weight excluding hydrogens is 444 g/mol. The summed E-state index contributed by atoms with van der Waals surface area (Å²) in [7, 11) is -1.20. The van der Waals surface area contributed by atoms with Crippen molar-refractivity contribution < 1.29 is 27.5 Å². The predicted molar refractivity (Wildman–Crippen MR) is 123 cm³/mol. The van der Waals surface area contributed by atoms with Gasteiger partial charge in [0.05, 0.1) is 38.3 Å². The average Bonchev–Trinajstić information content (AvgIpc) is 3.04. The quantitative estimate of drug-likeness (QED) is 0.619. The van der Waals surface area contributed by atoms with Crippen LogP contribution in [0.3, 0.4) is 0 Å². The molecule has 2 fully saturated rings. The van der Waals surface area contributed by atoms with Crippen molar-refractivity contribution in [2.75, 3.05) is 18.9 Å². The number of aryl methyl sites for hydroxylation is 1. The number of amides is 2. The van der Waals surface area contributed by atoms with Crippen LogP contribution in [0.2, 0.25) is 0 Å². The van der Waals surface area contributed by atoms with Gasteiger partial charge in [0.1, 0.15) is 16.4 Å². The van der Waals surface area contributed by atoms with Crippen molar-refractivity contribution in [1.82, 2.24) is 4.90 Å². The third kappa shape index (κ3) is 4.42. The first-order chi connectivity index (χ1) is 15.7. The van der Waals surface area contributed by atoms with E-state index in [0.29, 0.717) is 17.0 Å². The Bertz CT molecular complexity index is 1170. The fourth-order valence-corrected chi connectivity index (χ4v) is 5.98. The average molecular weight is 473 g/mol. The molecule has 1 saturated carbocycles. The Labute approximate surface area is 193 Å². The lowest BCUT2D eigenvalue weighted by molar-refractivity contribution is -0.140. The van der Waals surface area contributed by atoms with Crippen LogP contribution in [-0.2, 0) is 26.2 Å². The second-order valence-electron chi connectivity index (χ2n) is 8.55. The van der Waals surface area contributed by atoms with Crippen LogP contribution in [0.1, 0.15) is 36.8 Å². The molecule has 0 radical (unpaired) electrons. The maximum atomic E-state index is 13.3. The van der Waals surface area contributed by atoms with E-state index in [0.717, 1.165) is 31.2 Å². The van der Waals surface area contributed by atoms with Crippen LogP contribution >= 0.6 is 0 Å². The number of rotatable bonds is 7. The second-order valence-corrected chi connectivity index (χ2v) is 10.2. The maximum Gasteiger partial charge on any atom is 0.265 e. The van der Waals surface area contributed by atoms with Crippen molar-refractivity contribution in [2.45, 2.75) is 44.0 Å². The third-order valence-corrected chi connectivity index (χ3v) is 7.78. The van der Waals surface area contributed by atoms with Gasteiger partial charge in [-0.1, -0.05) is 25.0 Å². The number of hydrogen-bond donors (Lipinski definition) is 1. The third-order valence-electron chi connectivity index (χ3n) is 6.39. The van der Waals surface area contributed by atoms with Crippen molar-refractivity contribution in [3.8, 4) is 11.5 Å². The van der Waals surface area contributed by atoms with Crippen molar-refractivity contribution >= 4 is 27.5 Å². The summed E-state index contributed by atoms with van der Waals surface area (Å²) >= 11 is 0. The van der Waals surface area contributed by atoms with E-state index in [1.54, 1.807) is 18.2 Å². The molecule has 0 bridgehead atoms. The molecule has 4 rings (SSSR count). The molecule has 2 aromatic carbocycles. The highest BCUT2D eigenvalue weighted by Crippen LogP contribution is 2.39. The van der Waals surface area contributed by atoms with E-state index in [1.165, 1.54) is 31.3 Å². The van der Waals surface area contributed by atoms with Gasteiger partial charge in [-0.3, -0.25) is 19.2 Å². The van der Waals surface area contributed by atoms with Gasteiger partial charge in [0.25, 0.3) is 10.0 Å². The number of hydrogen-bond acceptors (Lipinski definition) is 6. The molecule has 2 aliphatic rings. The van der Waals surface area contributed by atoms with Gasteiger partial charge in [0, 0.05) is 0 Å². The molecule has 1 saturated heterocycles. The molecule has 1 aliphatic carbocycles. The first-order valence-corrected chi connectivity index (χ1v) is 12.4. The number of nitrogens with one attached hydrogen (secondary N) is 1. The van der Waals surface area contributed by atoms with Crippen LogP contribution in [0.5, 0.6) is 11.5 Å². The fourth-order valence-electron chi connectivity index (χ4n) is 4.70. The molecule has 1 N–H and O–H groups in total. The largest absolute Gasteiger partial charge is 0.495 e. The van der Waals surface area contributed by atoms with E-state index in [1.807, 2.05) is 13.0 Å². The number of carbonyl (C=O) groups excluding carboxylic acids is 2. The fraction of sp³-hybridized carbons (Fsp3) is 0.417. The molecule has 176 valence electrons. The Balaban J connectivity index is 1.64. The van der Waals surface area contributed by atoms with Gasteiger partial charge in [-0.05, 0) is 55.2 Å². The van der Waals surface area contributed by atoms with Gasteiger partial charge in [-0.25, -0.2) is 8.42 Å². The molecule has 2 aromatic rings. The molecule has 0 aromatic heterocycles. The Morgan fingerprint density at radius 2 is 1.55 bits per heavy atom. The summed E-state index contributed by atoms with van der Waals surface area (Å²) in [6, 6.07) is 9.84. The predicted octanol–water partition coefficient (Wildman–Crippen LogP) is 3.49. The van der Waals surface area contributed by atoms with E-state index >= 15 is 0 Å². The number of fused-ring (bicyclic) bond motifs is 1. The molecule has 2 atom stereocenters. The highest BCUT2D eigenvalue weighted by Gasteiger charge is 2.47. The van der Waals surface area contributed by atoms with Crippen molar-refractivity contribution in [2.24, 2.45) is 11.8 Å². The van der Waals surface area contributed by atoms with Crippen molar-refractivity contribution in [3.05, 3.63) is 47.5 Å². The van der Waals surface area contributed by atoms with Gasteiger partial charge in [0.2, 0.25) is 11.8 Å². The van der Waals surface area contributed by atoms with Crippen LogP contribution in [-0.4, -0.2) is 39.4 Å². The van der Waals surface area contributed by atoms with Crippen LogP contribution in [0.4, 0.5) is 5.69 Å². The summed E-state index contributed by atoms with van der Waals surface area (Å²) in [4.78, 5) is 26.9. The minimum absolute atomic E-state index is 0.0327. The van der Waals surface area contributed by atoms with Crippen LogP contribution in [0.25, 0.3) is 0 Å². The number of methoxy groups -OCH3 is 2. The van der Waals surface area contributed by atoms with Gasteiger partial charge < -0.3 is 9.47 Å². The second kappa shape index (κ2) is 9.05. The maximum absolute atomic E-state index is 13.3. The molecule has 0 unspecified atom stereocenters. The molecule has 1 aliphatic heterocycles. The summed E-state index contributed by atoms with van der Waals surface area (Å²) in [6.45, 7) is 1.88. The minimum Gasteiger partial charge on any atom is -0.495 e. The number of carbonyl (C=O) groups is 2. The molecule has 9 heteroatoms. The number of ether oxygens (including phenoxy) is 2. The van der Waals surface area contributed by atoms with Crippen molar-refractivity contribution in [1.29, 1.82) is 0 Å². The van der Waals surface area contributed by atoms with Crippen LogP contribution in [0.15, 0.2) is 41.3 Å². The van der Waals surface area contributed by atoms with Crippen LogP contribution < -0.4 is 14.2 Å². The summed E-state index contributed by atoms with van der Waals surface area (Å²) in [5, 5.41) is 0. The first-order valence-electron chi connectivity index (χ1n) is 10.9. The Morgan fingerprint density at radius 3 is 2.15 bits per heavy atom. The lowest BCUT2D eigenvalue weighted by Crippen LogP contribution is -2.30. The van der Waals surface area contributed by atoms with Crippen molar-refractivity contribution in [3.63, 3.8) is 0 Å². The molecule has 0 spiro atoms. The smallest absolute Gasteiger partial charge is 0.265 e. The van der Waals surface area contributed by atoms with Gasteiger partial charge in [-0.2, -0.15) is 0 Å². The Morgan fingerprint density at radius 1 is 0.939 bits per heavy atom. The minimum atomic E-state index is -4.05. The molecular formula is C24H28N2O6S. The van der Waals surface area contributed by atoms with E-state index in [4.69, 9.17) is 9.47 Å². The van der Waals surface area contributed by atoms with Crippen LogP contribution in [0, 0.1) is 18.8 Å². The summed E-state index contributed by atoms with van der Waals surface area (Å²) in [5.74, 6) is -0.271. The Kier molecular flexibility index (Phi) is 6.34. The van der Waals surface area contributed by atoms with E-state index in [2.05, 4.69) is 4.72 Å². The number of likely N-dealkylation sites (tertiary alicyclic amines) is 1. The number of anilines is 1. The lowest BCUT2D eigenvalue weighted by atomic mass is 9.81. The van der Waals surface area contributed by atoms with E-state index < -0.39 is 10.0 Å². The standard InChI is InChI=1S/C24H28N2O6S/c1-15-8-10-20(31-2)19(12-15)25-33(29,30)22-13-16(9-11-21(22)32-3)14-26-23(27)17-6-4-5-7-18(17)24(26)28/h8-13,17-18,25H,4-7,14H2,1-3H3/t17-,18-/m1/s1. The number of benzene rings is 2. The van der Waals surface area contributed by atoms with Gasteiger partial charge >= 0.3 is 0 Å². The monoisotopic (exact) mass is 472 g/mol. The first kappa shape index (κ1) is 23.1.